The maximum atomic E-state index is 12.4. The van der Waals surface area contributed by atoms with Crippen LogP contribution in [0.4, 0.5) is 4.39 Å². The van der Waals surface area contributed by atoms with Crippen LogP contribution in [-0.4, -0.2) is 10.3 Å². The highest BCUT2D eigenvalue weighted by Crippen LogP contribution is 2.12. The summed E-state index contributed by atoms with van der Waals surface area (Å²) >= 11 is -2.10. The third-order valence-corrected chi connectivity index (χ3v) is 1.65. The summed E-state index contributed by atoms with van der Waals surface area (Å²) in [5, 5.41) is 0. The van der Waals surface area contributed by atoms with Crippen molar-refractivity contribution in [3.05, 3.63) is 30.1 Å². The van der Waals surface area contributed by atoms with Crippen LogP contribution in [0.15, 0.2) is 28.7 Å². The van der Waals surface area contributed by atoms with Crippen LogP contribution in [0.1, 0.15) is 0 Å². The molecule has 68 valence electrons. The first-order chi connectivity index (χ1) is 6.22. The summed E-state index contributed by atoms with van der Waals surface area (Å²) in [5.74, 6) is -0.268. The van der Waals surface area contributed by atoms with Crippen molar-refractivity contribution in [3.63, 3.8) is 0 Å². The van der Waals surface area contributed by atoms with E-state index in [1.165, 1.54) is 12.1 Å². The number of nitrogens with zero attached hydrogens (tertiary/aromatic N) is 1. The van der Waals surface area contributed by atoms with Gasteiger partial charge in [0.25, 0.3) is 6.08 Å². The highest BCUT2D eigenvalue weighted by atomic mass is 32.2. The largest absolute Gasteiger partial charge is 0.383 e. The fraction of sp³-hybridized carbons (Fsp3) is 0. The molecule has 1 aromatic carbocycles. The van der Waals surface area contributed by atoms with E-state index in [1.807, 2.05) is 0 Å². The van der Waals surface area contributed by atoms with Crippen molar-refractivity contribution in [2.75, 3.05) is 0 Å². The third-order valence-electron chi connectivity index (χ3n) is 1.09. The Hall–Kier alpha value is -1.52. The number of isocyanates is 1. The molecule has 0 heterocycles. The van der Waals surface area contributed by atoms with Gasteiger partial charge in [0, 0.05) is 0 Å². The van der Waals surface area contributed by atoms with Gasteiger partial charge in [0.05, 0.1) is 0 Å². The lowest BCUT2D eigenvalue weighted by Crippen LogP contribution is -1.95. The molecule has 1 aromatic rings. The van der Waals surface area contributed by atoms with Gasteiger partial charge in [-0.15, -0.1) is 0 Å². The summed E-state index contributed by atoms with van der Waals surface area (Å²) in [6.07, 6.45) is 1.07. The van der Waals surface area contributed by atoms with E-state index in [-0.39, 0.29) is 5.75 Å². The Balaban J connectivity index is 2.69. The second kappa shape index (κ2) is 4.49. The van der Waals surface area contributed by atoms with Gasteiger partial charge in [0.15, 0.2) is 0 Å². The lowest BCUT2D eigenvalue weighted by atomic mass is 10.3. The summed E-state index contributed by atoms with van der Waals surface area (Å²) in [6, 6.07) is 4.81. The van der Waals surface area contributed by atoms with Crippen molar-refractivity contribution in [2.45, 2.75) is 0 Å². The van der Waals surface area contributed by atoms with E-state index >= 15 is 0 Å². The first-order valence-electron chi connectivity index (χ1n) is 3.16. The van der Waals surface area contributed by atoms with Gasteiger partial charge in [-0.3, -0.25) is 0 Å². The zero-order valence-electron chi connectivity index (χ0n) is 6.27. The van der Waals surface area contributed by atoms with Crippen molar-refractivity contribution in [1.82, 2.24) is 0 Å². The number of rotatable bonds is 3. The molecule has 1 unspecified atom stereocenters. The number of hydrogen-bond donors (Lipinski definition) is 0. The lowest BCUT2D eigenvalue weighted by Gasteiger charge is -1.97. The van der Waals surface area contributed by atoms with Crippen LogP contribution in [0.5, 0.6) is 5.75 Å². The van der Waals surface area contributed by atoms with Gasteiger partial charge in [-0.25, -0.2) is 9.18 Å². The Kier molecular flexibility index (Phi) is 3.31. The maximum absolute atomic E-state index is 12.4. The van der Waals surface area contributed by atoms with Gasteiger partial charge in [0.2, 0.25) is 0 Å². The average molecular weight is 201 g/mol. The molecule has 0 aliphatic rings. The molecule has 0 saturated carbocycles. The predicted octanol–water partition coefficient (Wildman–Crippen LogP) is 1.12. The second-order valence-electron chi connectivity index (χ2n) is 1.94. The summed E-state index contributed by atoms with van der Waals surface area (Å²) < 4.78 is 30.4. The Morgan fingerprint density at radius 3 is 2.54 bits per heavy atom. The molecule has 0 bridgehead atoms. The molecule has 4 nitrogen and oxygen atoms in total. The van der Waals surface area contributed by atoms with Crippen LogP contribution in [0.3, 0.4) is 0 Å². The first-order valence-corrected chi connectivity index (χ1v) is 4.19. The number of hydrogen-bond acceptors (Lipinski definition) is 3. The van der Waals surface area contributed by atoms with Gasteiger partial charge < -0.3 is 4.18 Å². The van der Waals surface area contributed by atoms with E-state index in [0.29, 0.717) is 0 Å². The average Bonchev–Trinajstić information content (AvgIpc) is 2.09. The molecule has 0 saturated heterocycles. The van der Waals surface area contributed by atoms with Gasteiger partial charge in [-0.1, -0.05) is 4.40 Å². The van der Waals surface area contributed by atoms with Crippen molar-refractivity contribution in [3.8, 4) is 5.75 Å². The molecule has 0 amide bonds. The van der Waals surface area contributed by atoms with E-state index in [9.17, 15) is 13.4 Å². The number of halogens is 1. The molecule has 0 spiro atoms. The van der Waals surface area contributed by atoms with Crippen molar-refractivity contribution in [1.29, 1.82) is 0 Å². The standard InChI is InChI=1S/C7H4FNO3S/c8-6-1-3-7(4-2-6)12-13(11)9-5-10/h1-4H. The van der Waals surface area contributed by atoms with Gasteiger partial charge in [-0.05, 0) is 24.3 Å². The minimum Gasteiger partial charge on any atom is -0.383 e. The molecule has 6 heteroatoms. The second-order valence-corrected chi connectivity index (χ2v) is 2.72. The minimum atomic E-state index is -2.10. The summed E-state index contributed by atoms with van der Waals surface area (Å²) in [5.41, 5.74) is 0. The first kappa shape index (κ1) is 9.57. The molecule has 13 heavy (non-hydrogen) atoms. The zero-order valence-corrected chi connectivity index (χ0v) is 7.08. The van der Waals surface area contributed by atoms with Gasteiger partial charge >= 0.3 is 11.3 Å². The molecule has 0 aromatic heterocycles. The minimum absolute atomic E-state index is 0.165. The molecule has 0 fully saturated rings. The predicted molar refractivity (Wildman–Crippen MR) is 43.3 cm³/mol. The summed E-state index contributed by atoms with van der Waals surface area (Å²) in [4.78, 5) is 9.63. The van der Waals surface area contributed by atoms with Crippen LogP contribution in [-0.2, 0) is 16.1 Å². The Morgan fingerprint density at radius 1 is 1.38 bits per heavy atom. The Morgan fingerprint density at radius 2 is 2.00 bits per heavy atom. The maximum Gasteiger partial charge on any atom is 0.350 e. The summed E-state index contributed by atoms with van der Waals surface area (Å²) in [7, 11) is 0. The topological polar surface area (TPSA) is 55.7 Å². The third kappa shape index (κ3) is 3.14. The molecule has 0 radical (unpaired) electrons. The van der Waals surface area contributed by atoms with Crippen molar-refractivity contribution < 1.29 is 17.6 Å². The van der Waals surface area contributed by atoms with Crippen LogP contribution < -0.4 is 4.18 Å². The van der Waals surface area contributed by atoms with Crippen LogP contribution in [0.25, 0.3) is 0 Å². The van der Waals surface area contributed by atoms with Crippen molar-refractivity contribution in [2.24, 2.45) is 4.40 Å². The normalized spacial score (nSPS) is 11.5. The Bertz CT molecular complexity index is 359. The van der Waals surface area contributed by atoms with Gasteiger partial charge in [-0.2, -0.15) is 4.21 Å². The van der Waals surface area contributed by atoms with E-state index in [2.05, 4.69) is 8.58 Å². The van der Waals surface area contributed by atoms with Crippen molar-refractivity contribution >= 4 is 17.3 Å². The molecule has 0 aliphatic heterocycles. The fourth-order valence-electron chi connectivity index (χ4n) is 0.622. The molecule has 0 aliphatic carbocycles. The smallest absolute Gasteiger partial charge is 0.350 e. The monoisotopic (exact) mass is 201 g/mol. The van der Waals surface area contributed by atoms with Crippen LogP contribution in [0, 0.1) is 5.82 Å². The molecule has 0 N–H and O–H groups in total. The molecular formula is C7H4FNO3S. The van der Waals surface area contributed by atoms with E-state index in [4.69, 9.17) is 0 Å². The SMILES string of the molecule is O=C=NS(=O)Oc1ccc(F)cc1. The number of carbonyl (C=O) groups excluding carboxylic acids is 1. The van der Waals surface area contributed by atoms with E-state index < -0.39 is 17.1 Å². The highest BCUT2D eigenvalue weighted by molar-refractivity contribution is 7.79. The number of benzene rings is 1. The Labute approximate surface area is 75.9 Å². The van der Waals surface area contributed by atoms with E-state index in [1.54, 1.807) is 0 Å². The molecule has 1 rings (SSSR count). The lowest BCUT2D eigenvalue weighted by molar-refractivity contribution is 0.552. The van der Waals surface area contributed by atoms with Gasteiger partial charge in [0.1, 0.15) is 11.6 Å². The van der Waals surface area contributed by atoms with E-state index in [0.717, 1.165) is 18.2 Å². The molecular weight excluding hydrogens is 197 g/mol. The summed E-state index contributed by atoms with van der Waals surface area (Å²) in [6.45, 7) is 0. The zero-order chi connectivity index (χ0) is 9.68. The molecule has 1 atom stereocenters. The van der Waals surface area contributed by atoms with Crippen LogP contribution >= 0.6 is 0 Å². The highest BCUT2D eigenvalue weighted by Gasteiger charge is 1.99. The fourth-order valence-corrected chi connectivity index (χ4v) is 0.995. The van der Waals surface area contributed by atoms with Crippen LogP contribution in [0.2, 0.25) is 0 Å². The quantitative estimate of drug-likeness (QED) is 0.544.